The highest BCUT2D eigenvalue weighted by Gasteiger charge is 2.14. The van der Waals surface area contributed by atoms with E-state index in [0.29, 0.717) is 17.5 Å². The van der Waals surface area contributed by atoms with Crippen LogP contribution < -0.4 is 0 Å². The number of unbranched alkanes of at least 4 members (excludes halogenated alkanes) is 26. The van der Waals surface area contributed by atoms with E-state index in [1.807, 2.05) is 0 Å². The minimum atomic E-state index is 0.512. The van der Waals surface area contributed by atoms with Crippen molar-refractivity contribution < 1.29 is 9.59 Å². The summed E-state index contributed by atoms with van der Waals surface area (Å²) in [6.07, 6.45) is 52.4. The van der Waals surface area contributed by atoms with Crippen molar-refractivity contribution in [2.45, 2.75) is 291 Å². The molecule has 0 spiro atoms. The number of ketones is 2. The number of carbonyl (C=O) groups is 2. The van der Waals surface area contributed by atoms with Crippen molar-refractivity contribution in [1.82, 2.24) is 0 Å². The summed E-state index contributed by atoms with van der Waals surface area (Å²) in [6, 6.07) is 0. The van der Waals surface area contributed by atoms with Crippen molar-refractivity contribution in [3.8, 4) is 0 Å². The molecule has 1 unspecified atom stereocenters. The van der Waals surface area contributed by atoms with Crippen LogP contribution in [0.25, 0.3) is 0 Å². The lowest BCUT2D eigenvalue weighted by Gasteiger charge is -2.17. The second-order valence-electron chi connectivity index (χ2n) is 17.1. The maximum Gasteiger partial charge on any atom is 0.133 e. The molecule has 2 heteroatoms. The lowest BCUT2D eigenvalue weighted by molar-refractivity contribution is -0.120. The molecule has 0 aromatic heterocycles. The molecule has 0 aromatic rings. The summed E-state index contributed by atoms with van der Waals surface area (Å²) in [5.41, 5.74) is 0. The van der Waals surface area contributed by atoms with Crippen LogP contribution in [0, 0.1) is 11.8 Å². The van der Waals surface area contributed by atoms with Crippen molar-refractivity contribution in [1.29, 1.82) is 0 Å². The summed E-state index contributed by atoms with van der Waals surface area (Å²) in [5, 5.41) is 0. The Morgan fingerprint density at radius 1 is 0.275 bits per heavy atom. The zero-order chi connectivity index (χ0) is 37.3. The van der Waals surface area contributed by atoms with E-state index in [2.05, 4.69) is 27.7 Å². The first kappa shape index (κ1) is 50.3. The predicted molar refractivity (Wildman–Crippen MR) is 229 cm³/mol. The van der Waals surface area contributed by atoms with E-state index in [0.717, 1.165) is 50.9 Å². The van der Waals surface area contributed by atoms with Gasteiger partial charge in [-0.3, -0.25) is 9.59 Å². The van der Waals surface area contributed by atoms with Crippen molar-refractivity contribution >= 4 is 11.6 Å². The third-order valence-electron chi connectivity index (χ3n) is 11.9. The average Bonchev–Trinajstić information content (AvgIpc) is 3.13. The van der Waals surface area contributed by atoms with Gasteiger partial charge < -0.3 is 0 Å². The van der Waals surface area contributed by atoms with E-state index >= 15 is 0 Å². The fourth-order valence-corrected chi connectivity index (χ4v) is 8.28. The first-order valence-corrected chi connectivity index (χ1v) is 24.1. The van der Waals surface area contributed by atoms with Gasteiger partial charge in [-0.1, -0.05) is 246 Å². The highest BCUT2D eigenvalue weighted by atomic mass is 16.1. The normalized spacial score (nSPS) is 12.3. The second kappa shape index (κ2) is 42.1. The van der Waals surface area contributed by atoms with Gasteiger partial charge in [0.25, 0.3) is 0 Å². The van der Waals surface area contributed by atoms with Crippen LogP contribution in [0.4, 0.5) is 0 Å². The van der Waals surface area contributed by atoms with E-state index in [1.54, 1.807) is 0 Å². The Hall–Kier alpha value is -0.660. The monoisotopic (exact) mass is 717 g/mol. The molecule has 0 saturated carbocycles. The highest BCUT2D eigenvalue weighted by Crippen LogP contribution is 2.26. The molecule has 0 fully saturated rings. The molecule has 0 bridgehead atoms. The zero-order valence-electron chi connectivity index (χ0n) is 36.0. The minimum Gasteiger partial charge on any atom is -0.300 e. The van der Waals surface area contributed by atoms with E-state index < -0.39 is 0 Å². The standard InChI is InChI=1S/C49H96O2/c1-5-9-13-16-19-20-27-34-42-48(50)43-35-28-21-25-30-38-46(37-12-8-4)39-31-26-22-29-36-44-49(51)45-47(40-32-23-17-14-10-6-2)41-33-24-18-15-11-7-3/h46-47H,5-45H2,1-4H3. The van der Waals surface area contributed by atoms with Gasteiger partial charge in [0.05, 0.1) is 0 Å². The Morgan fingerprint density at radius 3 is 0.882 bits per heavy atom. The van der Waals surface area contributed by atoms with Crippen molar-refractivity contribution in [2.75, 3.05) is 0 Å². The number of hydrogen-bond donors (Lipinski definition) is 0. The van der Waals surface area contributed by atoms with Gasteiger partial charge in [0.1, 0.15) is 11.6 Å². The van der Waals surface area contributed by atoms with E-state index in [-0.39, 0.29) is 0 Å². The molecule has 0 radical (unpaired) electrons. The molecule has 2 nitrogen and oxygen atoms in total. The minimum absolute atomic E-state index is 0.512. The fourth-order valence-electron chi connectivity index (χ4n) is 8.28. The van der Waals surface area contributed by atoms with Crippen LogP contribution in [0.5, 0.6) is 0 Å². The van der Waals surface area contributed by atoms with Crippen LogP contribution in [0.1, 0.15) is 291 Å². The molecule has 0 rings (SSSR count). The van der Waals surface area contributed by atoms with Crippen LogP contribution in [-0.4, -0.2) is 11.6 Å². The van der Waals surface area contributed by atoms with Crippen LogP contribution in [0.2, 0.25) is 0 Å². The molecule has 0 aliphatic carbocycles. The largest absolute Gasteiger partial charge is 0.300 e. The van der Waals surface area contributed by atoms with E-state index in [4.69, 9.17) is 0 Å². The molecule has 304 valence electrons. The Kier molecular flexibility index (Phi) is 41.5. The van der Waals surface area contributed by atoms with Gasteiger partial charge in [-0.2, -0.15) is 0 Å². The molecule has 1 atom stereocenters. The van der Waals surface area contributed by atoms with E-state index in [1.165, 1.54) is 218 Å². The second-order valence-corrected chi connectivity index (χ2v) is 17.1. The van der Waals surface area contributed by atoms with Gasteiger partial charge in [0, 0.05) is 25.7 Å². The molecular weight excluding hydrogens is 621 g/mol. The predicted octanol–water partition coefficient (Wildman–Crippen LogP) is 17.4. The average molecular weight is 717 g/mol. The Labute approximate surface area is 323 Å². The van der Waals surface area contributed by atoms with Gasteiger partial charge >= 0.3 is 0 Å². The number of Topliss-reactive ketones (excluding diaryl/α,β-unsaturated/α-hetero) is 2. The first-order chi connectivity index (χ1) is 25.1. The summed E-state index contributed by atoms with van der Waals surface area (Å²) >= 11 is 0. The molecular formula is C49H96O2. The number of rotatable bonds is 44. The third-order valence-corrected chi connectivity index (χ3v) is 11.9. The summed E-state index contributed by atoms with van der Waals surface area (Å²) in [6.45, 7) is 9.20. The SMILES string of the molecule is CCCCCCCCCCC(=O)CCCCCCCC(CCCC)CCCCCCCC(=O)CC(CCCCCCCC)CCCCCCCC. The lowest BCUT2D eigenvalue weighted by atomic mass is 9.88. The maximum atomic E-state index is 13.0. The summed E-state index contributed by atoms with van der Waals surface area (Å²) in [4.78, 5) is 25.2. The number of hydrogen-bond acceptors (Lipinski definition) is 2. The van der Waals surface area contributed by atoms with Gasteiger partial charge in [-0.15, -0.1) is 0 Å². The third kappa shape index (κ3) is 38.9. The highest BCUT2D eigenvalue weighted by molar-refractivity contribution is 5.78. The van der Waals surface area contributed by atoms with Crippen LogP contribution in [0.15, 0.2) is 0 Å². The Balaban J connectivity index is 4.02. The van der Waals surface area contributed by atoms with Gasteiger partial charge in [-0.25, -0.2) is 0 Å². The molecule has 0 aliphatic rings. The van der Waals surface area contributed by atoms with Gasteiger partial charge in [0.2, 0.25) is 0 Å². The molecule has 0 amide bonds. The smallest absolute Gasteiger partial charge is 0.133 e. The first-order valence-electron chi connectivity index (χ1n) is 24.1. The lowest BCUT2D eigenvalue weighted by Crippen LogP contribution is -2.09. The van der Waals surface area contributed by atoms with Crippen LogP contribution >= 0.6 is 0 Å². The Bertz CT molecular complexity index is 682. The van der Waals surface area contributed by atoms with Crippen molar-refractivity contribution in [3.63, 3.8) is 0 Å². The molecule has 0 N–H and O–H groups in total. The summed E-state index contributed by atoms with van der Waals surface area (Å²) in [7, 11) is 0. The Morgan fingerprint density at radius 2 is 0.529 bits per heavy atom. The fraction of sp³-hybridized carbons (Fsp3) is 0.959. The molecule has 0 aromatic carbocycles. The molecule has 0 saturated heterocycles. The maximum absolute atomic E-state index is 13.0. The molecule has 0 aliphatic heterocycles. The molecule has 0 heterocycles. The van der Waals surface area contributed by atoms with Crippen molar-refractivity contribution in [3.05, 3.63) is 0 Å². The summed E-state index contributed by atoms with van der Waals surface area (Å²) in [5.74, 6) is 2.63. The molecule has 51 heavy (non-hydrogen) atoms. The van der Waals surface area contributed by atoms with Crippen LogP contribution in [-0.2, 0) is 9.59 Å². The van der Waals surface area contributed by atoms with Crippen LogP contribution in [0.3, 0.4) is 0 Å². The number of carbonyl (C=O) groups excluding carboxylic acids is 2. The van der Waals surface area contributed by atoms with Gasteiger partial charge in [0.15, 0.2) is 0 Å². The quantitative estimate of drug-likeness (QED) is 0.0588. The van der Waals surface area contributed by atoms with Crippen molar-refractivity contribution in [2.24, 2.45) is 11.8 Å². The zero-order valence-corrected chi connectivity index (χ0v) is 36.0. The van der Waals surface area contributed by atoms with E-state index in [9.17, 15) is 9.59 Å². The summed E-state index contributed by atoms with van der Waals surface area (Å²) < 4.78 is 0. The van der Waals surface area contributed by atoms with Gasteiger partial charge in [-0.05, 0) is 31.1 Å². The topological polar surface area (TPSA) is 34.1 Å².